The molecular formula is C27H32N4O5S. The maximum atomic E-state index is 13.3. The number of hydrogen-bond donors (Lipinski definition) is 2. The van der Waals surface area contributed by atoms with E-state index in [1.165, 1.54) is 12.1 Å². The van der Waals surface area contributed by atoms with E-state index in [1.54, 1.807) is 30.0 Å². The summed E-state index contributed by atoms with van der Waals surface area (Å²) in [6.07, 6.45) is 4.09. The number of hydroxylamine groups is 1. The van der Waals surface area contributed by atoms with E-state index in [9.17, 15) is 18.4 Å². The number of sulfone groups is 1. The average Bonchev–Trinajstić information content (AvgIpc) is 2.88. The summed E-state index contributed by atoms with van der Waals surface area (Å²) in [4.78, 5) is 23.4. The second-order valence-electron chi connectivity index (χ2n) is 9.63. The molecule has 0 bridgehead atoms. The molecule has 9 nitrogen and oxygen atoms in total. The van der Waals surface area contributed by atoms with Gasteiger partial charge in [-0.25, -0.2) is 13.9 Å². The molecule has 1 aliphatic rings. The molecule has 1 aromatic carbocycles. The monoisotopic (exact) mass is 524 g/mol. The van der Waals surface area contributed by atoms with E-state index in [0.29, 0.717) is 44.8 Å². The van der Waals surface area contributed by atoms with E-state index < -0.39 is 21.2 Å². The van der Waals surface area contributed by atoms with Crippen LogP contribution in [0.3, 0.4) is 0 Å². The Balaban J connectivity index is 1.42. The van der Waals surface area contributed by atoms with Gasteiger partial charge in [-0.05, 0) is 99.4 Å². The highest BCUT2D eigenvalue weighted by Crippen LogP contribution is 2.36. The molecule has 0 spiro atoms. The van der Waals surface area contributed by atoms with Gasteiger partial charge in [0.15, 0.2) is 9.84 Å². The number of nitrogens with one attached hydrogen (secondary N) is 1. The molecule has 0 unspecified atom stereocenters. The molecule has 0 radical (unpaired) electrons. The first-order chi connectivity index (χ1) is 17.7. The summed E-state index contributed by atoms with van der Waals surface area (Å²) in [5.41, 5.74) is 4.38. The first-order valence-corrected chi connectivity index (χ1v) is 13.8. The van der Waals surface area contributed by atoms with E-state index in [1.807, 2.05) is 38.1 Å². The molecule has 1 fully saturated rings. The predicted octanol–water partition coefficient (Wildman–Crippen LogP) is 3.23. The lowest BCUT2D eigenvalue weighted by molar-refractivity contribution is -0.141. The van der Waals surface area contributed by atoms with Crippen molar-refractivity contribution in [1.29, 1.82) is 0 Å². The highest BCUT2D eigenvalue weighted by atomic mass is 32.2. The third kappa shape index (κ3) is 6.71. The van der Waals surface area contributed by atoms with Crippen LogP contribution < -0.4 is 10.2 Å². The normalized spacial score (nSPS) is 15.8. The van der Waals surface area contributed by atoms with E-state index in [0.717, 1.165) is 22.5 Å². The molecule has 0 saturated carbocycles. The van der Waals surface area contributed by atoms with E-state index in [2.05, 4.69) is 14.9 Å². The lowest BCUT2D eigenvalue weighted by atomic mass is 9.79. The highest BCUT2D eigenvalue weighted by molar-refractivity contribution is 7.91. The summed E-state index contributed by atoms with van der Waals surface area (Å²) < 4.78 is 32.5. The topological polar surface area (TPSA) is 122 Å². The molecular weight excluding hydrogens is 492 g/mol. The smallest absolute Gasteiger partial charge is 0.250 e. The van der Waals surface area contributed by atoms with Crippen LogP contribution in [-0.4, -0.2) is 53.2 Å². The van der Waals surface area contributed by atoms with Crippen molar-refractivity contribution in [3.63, 3.8) is 0 Å². The van der Waals surface area contributed by atoms with Crippen LogP contribution in [-0.2, 0) is 27.8 Å². The Labute approximate surface area is 217 Å². The first kappa shape index (κ1) is 26.7. The van der Waals surface area contributed by atoms with Gasteiger partial charge in [0, 0.05) is 30.3 Å². The Hall–Kier alpha value is -3.34. The molecule has 2 N–H and O–H groups in total. The molecule has 37 heavy (non-hydrogen) atoms. The van der Waals surface area contributed by atoms with E-state index >= 15 is 0 Å². The molecule has 4 rings (SSSR count). The number of benzene rings is 1. The number of piperidine rings is 1. The quantitative estimate of drug-likeness (QED) is 0.323. The van der Waals surface area contributed by atoms with Gasteiger partial charge in [0.05, 0.1) is 16.1 Å². The van der Waals surface area contributed by atoms with Crippen LogP contribution in [0.25, 0.3) is 0 Å². The van der Waals surface area contributed by atoms with Gasteiger partial charge in [-0.15, -0.1) is 0 Å². The van der Waals surface area contributed by atoms with E-state index in [-0.39, 0.29) is 10.6 Å². The van der Waals surface area contributed by atoms with Crippen LogP contribution in [0.1, 0.15) is 35.4 Å². The Morgan fingerprint density at radius 3 is 2.24 bits per heavy atom. The second kappa shape index (κ2) is 11.4. The maximum absolute atomic E-state index is 13.3. The van der Waals surface area contributed by atoms with Crippen molar-refractivity contribution in [2.75, 3.05) is 18.8 Å². The van der Waals surface area contributed by atoms with Gasteiger partial charge in [-0.1, -0.05) is 0 Å². The number of carbonyl (C=O) groups excluding carboxylic acids is 1. The molecule has 1 saturated heterocycles. The zero-order chi connectivity index (χ0) is 26.5. The number of carbonyl (C=O) groups is 1. The number of aryl methyl sites for hydroxylation is 2. The number of pyridine rings is 2. The van der Waals surface area contributed by atoms with Crippen LogP contribution in [0.5, 0.6) is 5.75 Å². The number of hydrogen-bond acceptors (Lipinski definition) is 8. The predicted molar refractivity (Wildman–Crippen MR) is 138 cm³/mol. The summed E-state index contributed by atoms with van der Waals surface area (Å²) in [5, 5.41) is 9.41. The Morgan fingerprint density at radius 2 is 1.65 bits per heavy atom. The van der Waals surface area contributed by atoms with Crippen LogP contribution in [0.2, 0.25) is 0 Å². The highest BCUT2D eigenvalue weighted by Gasteiger charge is 2.45. The largest absolute Gasteiger partial charge is 0.489 e. The number of ether oxygens (including phenoxy) is 1. The van der Waals surface area contributed by atoms with Gasteiger partial charge < -0.3 is 4.74 Å². The number of rotatable bonds is 9. The zero-order valence-electron chi connectivity index (χ0n) is 21.1. The van der Waals surface area contributed by atoms with E-state index in [4.69, 9.17) is 4.74 Å². The number of likely N-dealkylation sites (tertiary alicyclic amines) is 1. The summed E-state index contributed by atoms with van der Waals surface area (Å²) in [6, 6.07) is 14.0. The lowest BCUT2D eigenvalue weighted by Gasteiger charge is -2.39. The van der Waals surface area contributed by atoms with Crippen molar-refractivity contribution in [1.82, 2.24) is 20.3 Å². The van der Waals surface area contributed by atoms with Crippen LogP contribution in [0.15, 0.2) is 65.8 Å². The molecule has 3 heterocycles. The van der Waals surface area contributed by atoms with Gasteiger partial charge in [-0.2, -0.15) is 0 Å². The van der Waals surface area contributed by atoms with Crippen LogP contribution in [0, 0.1) is 19.3 Å². The summed E-state index contributed by atoms with van der Waals surface area (Å²) in [5.74, 6) is -0.508. The maximum Gasteiger partial charge on any atom is 0.250 e. The molecule has 2 aromatic heterocycles. The molecule has 3 aromatic rings. The van der Waals surface area contributed by atoms with Gasteiger partial charge >= 0.3 is 0 Å². The van der Waals surface area contributed by atoms with Crippen LogP contribution >= 0.6 is 0 Å². The minimum Gasteiger partial charge on any atom is -0.489 e. The van der Waals surface area contributed by atoms with Crippen LogP contribution in [0.4, 0.5) is 0 Å². The minimum atomic E-state index is -3.81. The fourth-order valence-electron chi connectivity index (χ4n) is 4.80. The Kier molecular flexibility index (Phi) is 8.21. The molecule has 1 aliphatic heterocycles. The number of amides is 1. The summed E-state index contributed by atoms with van der Waals surface area (Å²) in [7, 11) is -3.81. The minimum absolute atomic E-state index is 0.111. The van der Waals surface area contributed by atoms with Crippen molar-refractivity contribution in [2.45, 2.75) is 44.7 Å². The number of nitrogens with zero attached hydrogens (tertiary/aromatic N) is 3. The summed E-state index contributed by atoms with van der Waals surface area (Å²) in [6.45, 7) is 5.94. The lowest BCUT2D eigenvalue weighted by Crippen LogP contribution is -2.51. The second-order valence-corrected chi connectivity index (χ2v) is 11.6. The molecule has 0 atom stereocenters. The average molecular weight is 525 g/mol. The fraction of sp³-hybridized carbons (Fsp3) is 0.370. The summed E-state index contributed by atoms with van der Waals surface area (Å²) >= 11 is 0. The SMILES string of the molecule is Cc1cc(COc2ccc(S(=O)(=O)CC3(C(=O)NO)CCN(Cc4ccncc4)CC3)cc2)cc(C)n1. The van der Waals surface area contributed by atoms with Gasteiger partial charge in [-0.3, -0.25) is 24.9 Å². The standard InChI is InChI=1S/C27H32N4O5S/c1-20-15-23(16-21(2)29-20)18-36-24-3-5-25(6-4-24)37(34,35)19-27(26(32)30-33)9-13-31(14-10-27)17-22-7-11-28-12-8-22/h3-8,11-12,15-16,33H,9-10,13-14,17-19H2,1-2H3,(H,30,32). The van der Waals surface area contributed by atoms with Crippen molar-refractivity contribution in [2.24, 2.45) is 5.41 Å². The Bertz CT molecular complexity index is 1300. The van der Waals surface area contributed by atoms with Gasteiger partial charge in [0.2, 0.25) is 0 Å². The van der Waals surface area contributed by atoms with Crippen molar-refractivity contribution < 1.29 is 23.2 Å². The van der Waals surface area contributed by atoms with Gasteiger partial charge in [0.1, 0.15) is 12.4 Å². The third-order valence-electron chi connectivity index (χ3n) is 6.75. The number of aromatic nitrogens is 2. The van der Waals surface area contributed by atoms with Crippen molar-refractivity contribution in [3.05, 3.63) is 83.4 Å². The third-order valence-corrected chi connectivity index (χ3v) is 8.67. The first-order valence-electron chi connectivity index (χ1n) is 12.1. The Morgan fingerprint density at radius 1 is 1.03 bits per heavy atom. The molecule has 1 amide bonds. The molecule has 196 valence electrons. The molecule has 0 aliphatic carbocycles. The van der Waals surface area contributed by atoms with Crippen molar-refractivity contribution in [3.8, 4) is 5.75 Å². The van der Waals surface area contributed by atoms with Gasteiger partial charge in [0.25, 0.3) is 5.91 Å². The fourth-order valence-corrected chi connectivity index (χ4v) is 6.67. The van der Waals surface area contributed by atoms with Crippen molar-refractivity contribution >= 4 is 15.7 Å². The molecule has 10 heteroatoms. The zero-order valence-corrected chi connectivity index (χ0v) is 21.9.